The lowest BCUT2D eigenvalue weighted by Crippen LogP contribution is -2.39. The van der Waals surface area contributed by atoms with E-state index in [2.05, 4.69) is 15.3 Å². The van der Waals surface area contributed by atoms with Crippen molar-refractivity contribution < 1.29 is 14.6 Å². The number of aliphatic hydroxyl groups excluding tert-OH is 1. The van der Waals surface area contributed by atoms with E-state index in [9.17, 15) is 9.90 Å². The molecule has 0 saturated heterocycles. The first-order chi connectivity index (χ1) is 13.2. The zero-order valence-corrected chi connectivity index (χ0v) is 16.9. The first-order valence-electron chi connectivity index (χ1n) is 9.96. The molecule has 4 N–H and O–H groups in total. The number of hydrogen-bond donors (Lipinski definition) is 3. The minimum atomic E-state index is -0.503. The Morgan fingerprint density at radius 3 is 2.64 bits per heavy atom. The fourth-order valence-corrected chi connectivity index (χ4v) is 3.56. The number of nitrogens with one attached hydrogen (secondary N) is 1. The number of nitrogens with zero attached hydrogens (tertiary/aromatic N) is 3. The van der Waals surface area contributed by atoms with Crippen LogP contribution in [0.3, 0.4) is 0 Å². The molecule has 8 nitrogen and oxygen atoms in total. The maximum absolute atomic E-state index is 12.3. The number of anilines is 2. The van der Waals surface area contributed by atoms with Crippen molar-refractivity contribution in [2.45, 2.75) is 70.6 Å². The van der Waals surface area contributed by atoms with Gasteiger partial charge in [-0.25, -0.2) is 9.78 Å². The highest BCUT2D eigenvalue weighted by Crippen LogP contribution is 2.30. The summed E-state index contributed by atoms with van der Waals surface area (Å²) in [6, 6.07) is 0.263. The Morgan fingerprint density at radius 2 is 2.04 bits per heavy atom. The summed E-state index contributed by atoms with van der Waals surface area (Å²) in [4.78, 5) is 22.5. The Hall–Kier alpha value is -2.35. The lowest BCUT2D eigenvalue weighted by Gasteiger charge is -2.30. The van der Waals surface area contributed by atoms with E-state index in [4.69, 9.17) is 10.5 Å². The minimum absolute atomic E-state index is 0.201. The fourth-order valence-electron chi connectivity index (χ4n) is 3.56. The molecule has 0 atom stereocenters. The van der Waals surface area contributed by atoms with Gasteiger partial charge in [0.15, 0.2) is 0 Å². The molecule has 1 aromatic heterocycles. The van der Waals surface area contributed by atoms with Gasteiger partial charge in [0.05, 0.1) is 6.10 Å². The number of aromatic nitrogens is 2. The van der Waals surface area contributed by atoms with Crippen molar-refractivity contribution in [2.24, 2.45) is 0 Å². The molecular formula is C20H31N5O3. The number of nitrogens with two attached hydrogens (primary N) is 1. The monoisotopic (exact) mass is 389 g/mol. The van der Waals surface area contributed by atoms with Gasteiger partial charge in [-0.15, -0.1) is 0 Å². The van der Waals surface area contributed by atoms with E-state index >= 15 is 0 Å². The van der Waals surface area contributed by atoms with Crippen molar-refractivity contribution in [1.82, 2.24) is 14.9 Å². The molecule has 0 radical (unpaired) electrons. The SMILES string of the molecule is CC(C)(C)OC(=O)N1CC=C(c2cnc(N)nc2N[C@H]2CC[C@@H](O)CC2)CC1. The van der Waals surface area contributed by atoms with E-state index in [1.165, 1.54) is 0 Å². The van der Waals surface area contributed by atoms with Crippen LogP contribution in [0.2, 0.25) is 0 Å². The van der Waals surface area contributed by atoms with Crippen LogP contribution in [0.4, 0.5) is 16.6 Å². The van der Waals surface area contributed by atoms with E-state index < -0.39 is 5.60 Å². The Morgan fingerprint density at radius 1 is 1.32 bits per heavy atom. The average molecular weight is 390 g/mol. The van der Waals surface area contributed by atoms with Crippen LogP contribution in [0.25, 0.3) is 5.57 Å². The van der Waals surface area contributed by atoms with Gasteiger partial charge in [0.1, 0.15) is 11.4 Å². The molecule has 1 fully saturated rings. The number of rotatable bonds is 3. The molecule has 1 amide bonds. The van der Waals surface area contributed by atoms with Gasteiger partial charge < -0.3 is 25.8 Å². The van der Waals surface area contributed by atoms with E-state index in [-0.39, 0.29) is 24.2 Å². The van der Waals surface area contributed by atoms with Gasteiger partial charge in [0.25, 0.3) is 0 Å². The Labute approximate surface area is 166 Å². The normalized spacial score (nSPS) is 23.1. The molecule has 154 valence electrons. The van der Waals surface area contributed by atoms with Crippen LogP contribution in [0.15, 0.2) is 12.3 Å². The summed E-state index contributed by atoms with van der Waals surface area (Å²) >= 11 is 0. The second-order valence-electron chi connectivity index (χ2n) is 8.55. The molecule has 8 heteroatoms. The van der Waals surface area contributed by atoms with Gasteiger partial charge >= 0.3 is 6.09 Å². The first-order valence-corrected chi connectivity index (χ1v) is 9.96. The standard InChI is InChI=1S/C20H31N5O3/c1-20(2,3)28-19(27)25-10-8-13(9-11-25)16-12-22-18(21)24-17(16)23-14-4-6-15(26)7-5-14/h8,12,14-15,26H,4-7,9-11H2,1-3H3,(H3,21,22,23,24)/t14-,15+. The summed E-state index contributed by atoms with van der Waals surface area (Å²) in [5.74, 6) is 0.958. The van der Waals surface area contributed by atoms with Crippen molar-refractivity contribution in [1.29, 1.82) is 0 Å². The molecule has 3 rings (SSSR count). The number of ether oxygens (including phenoxy) is 1. The summed E-state index contributed by atoms with van der Waals surface area (Å²) in [6.07, 6.45) is 7.36. The van der Waals surface area contributed by atoms with Crippen molar-refractivity contribution in [3.05, 3.63) is 17.8 Å². The predicted molar refractivity (Wildman–Crippen MR) is 109 cm³/mol. The summed E-state index contributed by atoms with van der Waals surface area (Å²) in [5.41, 5.74) is 7.33. The smallest absolute Gasteiger partial charge is 0.410 e. The lowest BCUT2D eigenvalue weighted by molar-refractivity contribution is 0.0270. The van der Waals surface area contributed by atoms with Crippen molar-refractivity contribution in [3.8, 4) is 0 Å². The zero-order chi connectivity index (χ0) is 20.3. The van der Waals surface area contributed by atoms with Gasteiger partial charge in [-0.3, -0.25) is 0 Å². The van der Waals surface area contributed by atoms with Crippen LogP contribution < -0.4 is 11.1 Å². The quantitative estimate of drug-likeness (QED) is 0.728. The highest BCUT2D eigenvalue weighted by Gasteiger charge is 2.26. The highest BCUT2D eigenvalue weighted by atomic mass is 16.6. The maximum atomic E-state index is 12.3. The molecular weight excluding hydrogens is 358 g/mol. The maximum Gasteiger partial charge on any atom is 0.410 e. The molecule has 0 unspecified atom stereocenters. The third-order valence-corrected chi connectivity index (χ3v) is 5.05. The molecule has 1 aliphatic heterocycles. The number of hydrogen-bond acceptors (Lipinski definition) is 7. The van der Waals surface area contributed by atoms with Crippen LogP contribution in [-0.4, -0.2) is 56.9 Å². The number of carbonyl (C=O) groups excluding carboxylic acids is 1. The van der Waals surface area contributed by atoms with E-state index in [0.717, 1.165) is 42.6 Å². The Bertz CT molecular complexity index is 736. The van der Waals surface area contributed by atoms with Gasteiger partial charge in [-0.1, -0.05) is 6.08 Å². The second kappa shape index (κ2) is 8.34. The summed E-state index contributed by atoms with van der Waals surface area (Å²) in [7, 11) is 0. The summed E-state index contributed by atoms with van der Waals surface area (Å²) < 4.78 is 5.45. The topological polar surface area (TPSA) is 114 Å². The van der Waals surface area contributed by atoms with E-state index in [1.807, 2.05) is 26.8 Å². The van der Waals surface area contributed by atoms with Crippen LogP contribution in [0.1, 0.15) is 58.4 Å². The molecule has 2 aliphatic rings. The fraction of sp³-hybridized carbons (Fsp3) is 0.650. The van der Waals surface area contributed by atoms with Crippen molar-refractivity contribution in [3.63, 3.8) is 0 Å². The van der Waals surface area contributed by atoms with Crippen LogP contribution in [0.5, 0.6) is 0 Å². The summed E-state index contributed by atoms with van der Waals surface area (Å²) in [5, 5.41) is 13.2. The number of aliphatic hydroxyl groups is 1. The van der Waals surface area contributed by atoms with E-state index in [0.29, 0.717) is 19.5 Å². The number of carbonyl (C=O) groups is 1. The summed E-state index contributed by atoms with van der Waals surface area (Å²) in [6.45, 7) is 6.67. The average Bonchev–Trinajstić information content (AvgIpc) is 2.63. The van der Waals surface area contributed by atoms with Crippen molar-refractivity contribution in [2.75, 3.05) is 24.1 Å². The first kappa shape index (κ1) is 20.4. The predicted octanol–water partition coefficient (Wildman–Crippen LogP) is 2.80. The molecule has 1 aliphatic carbocycles. The van der Waals surface area contributed by atoms with Crippen LogP contribution in [0, 0.1) is 0 Å². The molecule has 0 aromatic carbocycles. The van der Waals surface area contributed by atoms with Gasteiger partial charge in [0, 0.05) is 30.9 Å². The van der Waals surface area contributed by atoms with Gasteiger partial charge in [0.2, 0.25) is 5.95 Å². The van der Waals surface area contributed by atoms with Crippen LogP contribution >= 0.6 is 0 Å². The minimum Gasteiger partial charge on any atom is -0.444 e. The van der Waals surface area contributed by atoms with Gasteiger partial charge in [-0.2, -0.15) is 4.98 Å². The third kappa shape index (κ3) is 5.34. The molecule has 0 spiro atoms. The number of amides is 1. The molecule has 0 bridgehead atoms. The van der Waals surface area contributed by atoms with E-state index in [1.54, 1.807) is 11.1 Å². The molecule has 1 saturated carbocycles. The highest BCUT2D eigenvalue weighted by molar-refractivity contribution is 5.77. The lowest BCUT2D eigenvalue weighted by atomic mass is 9.92. The third-order valence-electron chi connectivity index (χ3n) is 5.05. The largest absolute Gasteiger partial charge is 0.444 e. The number of nitrogen functional groups attached to an aromatic ring is 1. The van der Waals surface area contributed by atoms with Crippen molar-refractivity contribution >= 4 is 23.4 Å². The molecule has 2 heterocycles. The Kier molecular flexibility index (Phi) is 6.07. The Balaban J connectivity index is 1.71. The molecule has 28 heavy (non-hydrogen) atoms. The van der Waals surface area contributed by atoms with Crippen LogP contribution in [-0.2, 0) is 4.74 Å². The zero-order valence-electron chi connectivity index (χ0n) is 16.9. The molecule has 1 aromatic rings. The second-order valence-corrected chi connectivity index (χ2v) is 8.55. The van der Waals surface area contributed by atoms with Gasteiger partial charge in [-0.05, 0) is 58.4 Å².